The molecule has 1 atom stereocenters. The number of benzene rings is 1. The second kappa shape index (κ2) is 5.50. The zero-order valence-corrected chi connectivity index (χ0v) is 13.0. The Morgan fingerprint density at radius 3 is 2.91 bits per heavy atom. The van der Waals surface area contributed by atoms with Gasteiger partial charge < -0.3 is 4.90 Å². The van der Waals surface area contributed by atoms with Crippen LogP contribution in [0.1, 0.15) is 40.5 Å². The molecule has 1 amide bonds. The third-order valence-corrected chi connectivity index (χ3v) is 4.36. The number of amides is 1. The van der Waals surface area contributed by atoms with Gasteiger partial charge >= 0.3 is 0 Å². The Balaban J connectivity index is 1.66. The molecule has 1 saturated heterocycles. The van der Waals surface area contributed by atoms with Crippen molar-refractivity contribution in [3.63, 3.8) is 0 Å². The van der Waals surface area contributed by atoms with E-state index in [9.17, 15) is 4.79 Å². The van der Waals surface area contributed by atoms with Gasteiger partial charge in [0.05, 0.1) is 6.04 Å². The molecule has 1 aliphatic heterocycles. The van der Waals surface area contributed by atoms with Crippen LogP contribution < -0.4 is 0 Å². The molecule has 0 N–H and O–H groups in total. The average molecular weight is 306 g/mol. The highest BCUT2D eigenvalue weighted by molar-refractivity contribution is 5.93. The summed E-state index contributed by atoms with van der Waals surface area (Å²) in [5.74, 6) is -0.0143. The van der Waals surface area contributed by atoms with Gasteiger partial charge in [0.25, 0.3) is 5.91 Å². The van der Waals surface area contributed by atoms with Crippen LogP contribution in [0.5, 0.6) is 0 Å². The van der Waals surface area contributed by atoms with Crippen molar-refractivity contribution < 1.29 is 4.79 Å². The van der Waals surface area contributed by atoms with Crippen LogP contribution in [0.3, 0.4) is 0 Å². The van der Waals surface area contributed by atoms with Gasteiger partial charge in [-0.1, -0.05) is 30.3 Å². The van der Waals surface area contributed by atoms with E-state index in [4.69, 9.17) is 0 Å². The third kappa shape index (κ3) is 2.48. The summed E-state index contributed by atoms with van der Waals surface area (Å²) in [7, 11) is 0. The van der Waals surface area contributed by atoms with Gasteiger partial charge in [-0.25, -0.2) is 9.50 Å². The summed E-state index contributed by atoms with van der Waals surface area (Å²) in [5.41, 5.74) is 3.37. The van der Waals surface area contributed by atoms with E-state index in [2.05, 4.69) is 22.2 Å². The molecule has 23 heavy (non-hydrogen) atoms. The van der Waals surface area contributed by atoms with E-state index >= 15 is 0 Å². The molecule has 2 aromatic heterocycles. The summed E-state index contributed by atoms with van der Waals surface area (Å²) in [6, 6.07) is 12.1. The zero-order valence-electron chi connectivity index (χ0n) is 13.0. The molecule has 5 heteroatoms. The Morgan fingerprint density at radius 1 is 1.26 bits per heavy atom. The molecule has 0 unspecified atom stereocenters. The largest absolute Gasteiger partial charge is 0.330 e. The normalized spacial score (nSPS) is 17.8. The van der Waals surface area contributed by atoms with Crippen molar-refractivity contribution in [2.24, 2.45) is 0 Å². The zero-order chi connectivity index (χ0) is 15.8. The number of likely N-dealkylation sites (tertiary alicyclic amines) is 1. The molecule has 1 aromatic carbocycles. The first kappa shape index (κ1) is 13.9. The van der Waals surface area contributed by atoms with E-state index < -0.39 is 0 Å². The first-order valence-electron chi connectivity index (χ1n) is 7.90. The Bertz CT molecular complexity index is 856. The molecule has 0 saturated carbocycles. The summed E-state index contributed by atoms with van der Waals surface area (Å²) in [4.78, 5) is 19.2. The van der Waals surface area contributed by atoms with Crippen LogP contribution >= 0.6 is 0 Å². The highest BCUT2D eigenvalue weighted by atomic mass is 16.2. The minimum absolute atomic E-state index is 0.0143. The molecule has 3 aromatic rings. The lowest BCUT2D eigenvalue weighted by Crippen LogP contribution is -2.30. The molecule has 0 aliphatic carbocycles. The Kier molecular flexibility index (Phi) is 3.33. The standard InChI is InChI=1S/C18H18N4O/c1-13-11-19-17-10-15(20-22(17)12-13)18(23)21-9-5-8-16(21)14-6-3-2-4-7-14/h2-4,6-7,10-12,16H,5,8-9H2,1H3/t16-/m1/s1. The van der Waals surface area contributed by atoms with Gasteiger partial charge in [-0.05, 0) is 30.9 Å². The number of carbonyl (C=O) groups is 1. The fourth-order valence-electron chi connectivity index (χ4n) is 3.25. The first-order chi connectivity index (χ1) is 11.2. The number of nitrogens with zero attached hydrogens (tertiary/aromatic N) is 4. The highest BCUT2D eigenvalue weighted by Gasteiger charge is 2.31. The van der Waals surface area contributed by atoms with Crippen molar-refractivity contribution in [3.05, 3.63) is 65.6 Å². The van der Waals surface area contributed by atoms with Gasteiger partial charge in [0.1, 0.15) is 0 Å². The number of aromatic nitrogens is 3. The van der Waals surface area contributed by atoms with Crippen LogP contribution in [-0.4, -0.2) is 31.9 Å². The lowest BCUT2D eigenvalue weighted by molar-refractivity contribution is 0.0729. The molecule has 4 rings (SSSR count). The number of hydrogen-bond acceptors (Lipinski definition) is 3. The molecule has 3 heterocycles. The van der Waals surface area contributed by atoms with Crippen LogP contribution in [-0.2, 0) is 0 Å². The molecule has 0 radical (unpaired) electrons. The van der Waals surface area contributed by atoms with Gasteiger partial charge in [-0.3, -0.25) is 4.79 Å². The maximum absolute atomic E-state index is 12.9. The second-order valence-corrected chi connectivity index (χ2v) is 6.03. The SMILES string of the molecule is Cc1cnc2cc(C(=O)N3CCC[C@@H]3c3ccccc3)nn2c1. The van der Waals surface area contributed by atoms with Crippen LogP contribution in [0.4, 0.5) is 0 Å². The fourth-order valence-corrected chi connectivity index (χ4v) is 3.25. The molecule has 5 nitrogen and oxygen atoms in total. The van der Waals surface area contributed by atoms with Gasteiger partial charge in [-0.2, -0.15) is 5.10 Å². The Labute approximate surface area is 134 Å². The van der Waals surface area contributed by atoms with Gasteiger partial charge in [-0.15, -0.1) is 0 Å². The third-order valence-electron chi connectivity index (χ3n) is 4.36. The topological polar surface area (TPSA) is 50.5 Å². The van der Waals surface area contributed by atoms with E-state index in [0.717, 1.165) is 24.9 Å². The van der Waals surface area contributed by atoms with E-state index in [0.29, 0.717) is 11.3 Å². The molecule has 0 spiro atoms. The maximum atomic E-state index is 12.9. The van der Waals surface area contributed by atoms with Crippen LogP contribution in [0.25, 0.3) is 5.65 Å². The molecule has 116 valence electrons. The Morgan fingerprint density at radius 2 is 2.09 bits per heavy atom. The summed E-state index contributed by atoms with van der Waals surface area (Å²) in [5, 5.41) is 4.41. The predicted octanol–water partition coefficient (Wildman–Crippen LogP) is 3.02. The number of hydrogen-bond donors (Lipinski definition) is 0. The first-order valence-corrected chi connectivity index (χ1v) is 7.90. The second-order valence-electron chi connectivity index (χ2n) is 6.03. The van der Waals surface area contributed by atoms with E-state index in [1.54, 1.807) is 16.8 Å². The molecule has 1 aliphatic rings. The van der Waals surface area contributed by atoms with E-state index in [-0.39, 0.29) is 11.9 Å². The van der Waals surface area contributed by atoms with Crippen molar-refractivity contribution in [1.29, 1.82) is 0 Å². The van der Waals surface area contributed by atoms with Crippen molar-refractivity contribution in [3.8, 4) is 0 Å². The van der Waals surface area contributed by atoms with Crippen molar-refractivity contribution in [1.82, 2.24) is 19.5 Å². The van der Waals surface area contributed by atoms with Gasteiger partial charge in [0.15, 0.2) is 11.3 Å². The summed E-state index contributed by atoms with van der Waals surface area (Å²) < 4.78 is 1.68. The Hall–Kier alpha value is -2.69. The molecule has 0 bridgehead atoms. The average Bonchev–Trinajstić information content (AvgIpc) is 3.21. The minimum Gasteiger partial charge on any atom is -0.330 e. The molecule has 1 fully saturated rings. The summed E-state index contributed by atoms with van der Waals surface area (Å²) in [6.07, 6.45) is 5.70. The summed E-state index contributed by atoms with van der Waals surface area (Å²) in [6.45, 7) is 2.74. The van der Waals surface area contributed by atoms with Gasteiger partial charge in [0.2, 0.25) is 0 Å². The number of aryl methyl sites for hydroxylation is 1. The van der Waals surface area contributed by atoms with Crippen LogP contribution in [0, 0.1) is 6.92 Å². The monoisotopic (exact) mass is 306 g/mol. The lowest BCUT2D eigenvalue weighted by atomic mass is 10.0. The van der Waals surface area contributed by atoms with Crippen molar-refractivity contribution in [2.75, 3.05) is 6.54 Å². The number of carbonyl (C=O) groups excluding carboxylic acids is 1. The van der Waals surface area contributed by atoms with Crippen molar-refractivity contribution >= 4 is 11.6 Å². The number of rotatable bonds is 2. The summed E-state index contributed by atoms with van der Waals surface area (Å²) >= 11 is 0. The van der Waals surface area contributed by atoms with E-state index in [1.807, 2.05) is 36.2 Å². The molecular formula is C18H18N4O. The van der Waals surface area contributed by atoms with Crippen molar-refractivity contribution in [2.45, 2.75) is 25.8 Å². The van der Waals surface area contributed by atoms with Crippen LogP contribution in [0.15, 0.2) is 48.8 Å². The number of fused-ring (bicyclic) bond motifs is 1. The van der Waals surface area contributed by atoms with E-state index in [1.165, 1.54) is 5.56 Å². The quantitative estimate of drug-likeness (QED) is 0.731. The minimum atomic E-state index is -0.0143. The predicted molar refractivity (Wildman–Crippen MR) is 87.2 cm³/mol. The molecular weight excluding hydrogens is 288 g/mol. The smallest absolute Gasteiger partial charge is 0.274 e. The highest BCUT2D eigenvalue weighted by Crippen LogP contribution is 2.32. The maximum Gasteiger partial charge on any atom is 0.274 e. The van der Waals surface area contributed by atoms with Crippen LogP contribution in [0.2, 0.25) is 0 Å². The lowest BCUT2D eigenvalue weighted by Gasteiger charge is -2.24. The fraction of sp³-hybridized carbons (Fsp3) is 0.278. The van der Waals surface area contributed by atoms with Gasteiger partial charge in [0, 0.05) is 25.0 Å².